The molecule has 1 fully saturated rings. The van der Waals surface area contributed by atoms with Gasteiger partial charge in [0.05, 0.1) is 5.69 Å². The van der Waals surface area contributed by atoms with E-state index < -0.39 is 10.0 Å². The van der Waals surface area contributed by atoms with Crippen molar-refractivity contribution in [1.29, 1.82) is 0 Å². The van der Waals surface area contributed by atoms with Crippen LogP contribution >= 0.6 is 22.9 Å². The predicted octanol–water partition coefficient (Wildman–Crippen LogP) is 5.77. The van der Waals surface area contributed by atoms with Gasteiger partial charge < -0.3 is 9.42 Å². The molecule has 6 nitrogen and oxygen atoms in total. The molecule has 1 aliphatic rings. The number of unbranched alkanes of at least 4 members (excludes halogenated alkanes) is 1. The van der Waals surface area contributed by atoms with Gasteiger partial charge in [0.25, 0.3) is 0 Å². The highest BCUT2D eigenvalue weighted by Crippen LogP contribution is 2.33. The van der Waals surface area contributed by atoms with Crippen molar-refractivity contribution in [2.75, 3.05) is 26.2 Å². The van der Waals surface area contributed by atoms with Gasteiger partial charge in [-0.25, -0.2) is 17.5 Å². The number of thiophene rings is 1. The SMILES string of the molecule is O=S(=O)(NCCCCN1CCC(c2noc3cc(F)ccc23)CC1)c1cc2cc(Cl)ccc2s1. The number of halogens is 2. The van der Waals surface area contributed by atoms with Gasteiger partial charge in [0, 0.05) is 33.6 Å². The molecule has 2 aromatic carbocycles. The summed E-state index contributed by atoms with van der Waals surface area (Å²) in [4.78, 5) is 2.41. The molecule has 1 saturated heterocycles. The Balaban J connectivity index is 1.06. The zero-order valence-electron chi connectivity index (χ0n) is 18.5. The first-order chi connectivity index (χ1) is 16.4. The summed E-state index contributed by atoms with van der Waals surface area (Å²) < 4.78 is 47.9. The zero-order chi connectivity index (χ0) is 23.7. The number of benzene rings is 2. The fourth-order valence-electron chi connectivity index (χ4n) is 4.52. The lowest BCUT2D eigenvalue weighted by Crippen LogP contribution is -2.34. The molecule has 4 aromatic rings. The number of hydrogen-bond donors (Lipinski definition) is 1. The van der Waals surface area contributed by atoms with Gasteiger partial charge in [0.2, 0.25) is 10.0 Å². The van der Waals surface area contributed by atoms with E-state index in [1.807, 2.05) is 6.07 Å². The van der Waals surface area contributed by atoms with Gasteiger partial charge >= 0.3 is 0 Å². The Morgan fingerprint density at radius 2 is 1.97 bits per heavy atom. The topological polar surface area (TPSA) is 75.4 Å². The molecular formula is C24H25ClFN3O3S2. The van der Waals surface area contributed by atoms with Crippen molar-refractivity contribution < 1.29 is 17.3 Å². The lowest BCUT2D eigenvalue weighted by Gasteiger charge is -2.31. The Labute approximate surface area is 206 Å². The van der Waals surface area contributed by atoms with Crippen molar-refractivity contribution in [2.24, 2.45) is 0 Å². The Morgan fingerprint density at radius 3 is 2.79 bits per heavy atom. The zero-order valence-corrected chi connectivity index (χ0v) is 20.9. The molecule has 34 heavy (non-hydrogen) atoms. The van der Waals surface area contributed by atoms with Crippen LogP contribution in [0.4, 0.5) is 4.39 Å². The van der Waals surface area contributed by atoms with Gasteiger partial charge in [-0.3, -0.25) is 0 Å². The van der Waals surface area contributed by atoms with E-state index in [0.29, 0.717) is 27.3 Å². The number of likely N-dealkylation sites (tertiary alicyclic amines) is 1. The van der Waals surface area contributed by atoms with Crippen molar-refractivity contribution in [3.05, 3.63) is 59.0 Å². The van der Waals surface area contributed by atoms with Crippen molar-refractivity contribution in [1.82, 2.24) is 14.8 Å². The van der Waals surface area contributed by atoms with Crippen LogP contribution in [0.3, 0.4) is 0 Å². The largest absolute Gasteiger partial charge is 0.356 e. The summed E-state index contributed by atoms with van der Waals surface area (Å²) in [6, 6.07) is 11.6. The van der Waals surface area contributed by atoms with Crippen LogP contribution in [0.15, 0.2) is 51.2 Å². The van der Waals surface area contributed by atoms with E-state index in [9.17, 15) is 12.8 Å². The molecule has 1 N–H and O–H groups in total. The third-order valence-electron chi connectivity index (χ3n) is 6.35. The summed E-state index contributed by atoms with van der Waals surface area (Å²) in [5.74, 6) is -0.00741. The number of nitrogens with zero attached hydrogens (tertiary/aromatic N) is 2. The minimum absolute atomic E-state index is 0.311. The average molecular weight is 522 g/mol. The highest BCUT2D eigenvalue weighted by Gasteiger charge is 2.25. The van der Waals surface area contributed by atoms with E-state index in [0.717, 1.165) is 66.5 Å². The smallest absolute Gasteiger partial charge is 0.250 e. The van der Waals surface area contributed by atoms with E-state index >= 15 is 0 Å². The standard InChI is InChI=1S/C24H25ClFN3O3S2/c25-18-3-6-22-17(13-18)14-23(33-22)34(30,31)27-9-1-2-10-29-11-7-16(8-12-29)24-20-5-4-19(26)15-21(20)32-28-24/h3-6,13-16,27H,1-2,7-12H2. The Hall–Kier alpha value is -2.04. The predicted molar refractivity (Wildman–Crippen MR) is 134 cm³/mol. The second kappa shape index (κ2) is 9.91. The second-order valence-electron chi connectivity index (χ2n) is 8.68. The number of nitrogens with one attached hydrogen (secondary N) is 1. The molecule has 0 spiro atoms. The molecule has 180 valence electrons. The summed E-state index contributed by atoms with van der Waals surface area (Å²) in [6.07, 6.45) is 3.64. The molecule has 10 heteroatoms. The highest BCUT2D eigenvalue weighted by atomic mass is 35.5. The fraction of sp³-hybridized carbons (Fsp3) is 0.375. The monoisotopic (exact) mass is 521 g/mol. The molecule has 5 rings (SSSR count). The number of sulfonamides is 1. The van der Waals surface area contributed by atoms with Gasteiger partial charge in [0.15, 0.2) is 5.58 Å². The molecule has 0 radical (unpaired) electrons. The number of piperidine rings is 1. The summed E-state index contributed by atoms with van der Waals surface area (Å²) in [6.45, 7) is 3.25. The van der Waals surface area contributed by atoms with Crippen LogP contribution in [0, 0.1) is 5.82 Å². The number of aromatic nitrogens is 1. The van der Waals surface area contributed by atoms with Crippen molar-refractivity contribution >= 4 is 54.0 Å². The quantitative estimate of drug-likeness (QED) is 0.298. The normalized spacial score (nSPS) is 16.1. The van der Waals surface area contributed by atoms with Crippen LogP contribution in [0.1, 0.15) is 37.3 Å². The summed E-state index contributed by atoms with van der Waals surface area (Å²) in [7, 11) is -3.52. The molecule has 0 amide bonds. The van der Waals surface area contributed by atoms with Crippen LogP contribution in [-0.4, -0.2) is 44.7 Å². The first kappa shape index (κ1) is 23.7. The average Bonchev–Trinajstić information content (AvgIpc) is 3.43. The third-order valence-corrected chi connectivity index (χ3v) is 9.64. The first-order valence-electron chi connectivity index (χ1n) is 11.3. The molecule has 0 atom stereocenters. The van der Waals surface area contributed by atoms with Gasteiger partial charge in [-0.2, -0.15) is 0 Å². The minimum atomic E-state index is -3.52. The van der Waals surface area contributed by atoms with Gasteiger partial charge in [-0.05, 0) is 87.1 Å². The highest BCUT2D eigenvalue weighted by molar-refractivity contribution is 7.91. The van der Waals surface area contributed by atoms with Crippen molar-refractivity contribution in [2.45, 2.75) is 35.8 Å². The molecule has 2 aromatic heterocycles. The molecule has 1 aliphatic heterocycles. The Bertz CT molecular complexity index is 1410. The van der Waals surface area contributed by atoms with E-state index in [2.05, 4.69) is 14.8 Å². The molecule has 0 saturated carbocycles. The molecular weight excluding hydrogens is 497 g/mol. The van der Waals surface area contributed by atoms with E-state index in [-0.39, 0.29) is 5.82 Å². The minimum Gasteiger partial charge on any atom is -0.356 e. The Morgan fingerprint density at radius 1 is 1.15 bits per heavy atom. The number of fused-ring (bicyclic) bond motifs is 2. The Kier molecular flexibility index (Phi) is 6.90. The van der Waals surface area contributed by atoms with Gasteiger partial charge in [-0.15, -0.1) is 11.3 Å². The maximum Gasteiger partial charge on any atom is 0.250 e. The summed E-state index contributed by atoms with van der Waals surface area (Å²) in [5.41, 5.74) is 1.42. The van der Waals surface area contributed by atoms with Crippen LogP contribution in [0.5, 0.6) is 0 Å². The third kappa shape index (κ3) is 5.13. The van der Waals surface area contributed by atoms with Gasteiger partial charge in [0.1, 0.15) is 10.0 Å². The van der Waals surface area contributed by atoms with E-state index in [4.69, 9.17) is 16.1 Å². The summed E-state index contributed by atoms with van der Waals surface area (Å²) >= 11 is 7.25. The lowest BCUT2D eigenvalue weighted by molar-refractivity contribution is 0.206. The maximum absolute atomic E-state index is 13.4. The summed E-state index contributed by atoms with van der Waals surface area (Å²) in [5, 5.41) is 6.54. The number of hydrogen-bond acceptors (Lipinski definition) is 6. The van der Waals surface area contributed by atoms with Crippen LogP contribution in [0.2, 0.25) is 5.02 Å². The van der Waals surface area contributed by atoms with Crippen LogP contribution in [-0.2, 0) is 10.0 Å². The molecule has 0 aliphatic carbocycles. The van der Waals surface area contributed by atoms with Crippen LogP contribution in [0.25, 0.3) is 21.1 Å². The maximum atomic E-state index is 13.4. The fourth-order valence-corrected chi connectivity index (χ4v) is 7.19. The van der Waals surface area contributed by atoms with Crippen LogP contribution < -0.4 is 4.72 Å². The van der Waals surface area contributed by atoms with Crippen molar-refractivity contribution in [3.8, 4) is 0 Å². The van der Waals surface area contributed by atoms with Crippen molar-refractivity contribution in [3.63, 3.8) is 0 Å². The van der Waals surface area contributed by atoms with Gasteiger partial charge in [-0.1, -0.05) is 16.8 Å². The van der Waals surface area contributed by atoms with E-state index in [1.54, 1.807) is 24.3 Å². The number of rotatable bonds is 8. The molecule has 0 bridgehead atoms. The lowest BCUT2D eigenvalue weighted by atomic mass is 9.91. The van der Waals surface area contributed by atoms with E-state index in [1.165, 1.54) is 23.5 Å². The first-order valence-corrected chi connectivity index (χ1v) is 14.0. The second-order valence-corrected chi connectivity index (χ2v) is 12.2. The molecule has 3 heterocycles. The molecule has 0 unspecified atom stereocenters.